The predicted octanol–water partition coefficient (Wildman–Crippen LogP) is 3.55. The molecule has 0 aromatic carbocycles. The number of halogens is 1. The molecule has 34 heavy (non-hydrogen) atoms. The van der Waals surface area contributed by atoms with Crippen LogP contribution in [0, 0.1) is 12.3 Å². The van der Waals surface area contributed by atoms with Crippen molar-refractivity contribution in [1.82, 2.24) is 24.9 Å². The second-order valence-corrected chi connectivity index (χ2v) is 10.7. The fraction of sp³-hybridized carbons (Fsp3) is 0.375. The van der Waals surface area contributed by atoms with Crippen LogP contribution in [0.1, 0.15) is 25.0 Å². The molecule has 1 saturated heterocycles. The summed E-state index contributed by atoms with van der Waals surface area (Å²) in [7, 11) is 0. The van der Waals surface area contributed by atoms with Gasteiger partial charge in [0.15, 0.2) is 5.82 Å². The van der Waals surface area contributed by atoms with Crippen molar-refractivity contribution in [3.8, 4) is 0 Å². The normalized spacial score (nSPS) is 21.6. The number of fused-ring (bicyclic) bond motifs is 1. The number of nitrogens with one attached hydrogen (secondary N) is 1. The summed E-state index contributed by atoms with van der Waals surface area (Å²) in [4.78, 5) is 12.3. The highest BCUT2D eigenvalue weighted by atomic mass is 35.5. The highest BCUT2D eigenvalue weighted by molar-refractivity contribution is 7.99. The third kappa shape index (κ3) is 3.33. The van der Waals surface area contributed by atoms with Crippen molar-refractivity contribution in [2.75, 3.05) is 30.3 Å². The number of nitrogens with two attached hydrogens (primary N) is 2. The van der Waals surface area contributed by atoms with Gasteiger partial charge in [-0.15, -0.1) is 0 Å². The zero-order chi connectivity index (χ0) is 23.4. The molecule has 0 unspecified atom stereocenters. The minimum absolute atomic E-state index is 0.0554. The molecule has 176 valence electrons. The Balaban J connectivity index is 1.41. The quantitative estimate of drug-likeness (QED) is 0.507. The molecule has 0 bridgehead atoms. The van der Waals surface area contributed by atoms with Gasteiger partial charge >= 0.3 is 0 Å². The lowest BCUT2D eigenvalue weighted by Gasteiger charge is -2.38. The van der Waals surface area contributed by atoms with E-state index in [2.05, 4.69) is 32.5 Å². The number of anilines is 2. The summed E-state index contributed by atoms with van der Waals surface area (Å²) in [6, 6.07) is 3.93. The zero-order valence-electron chi connectivity index (χ0n) is 19.0. The summed E-state index contributed by atoms with van der Waals surface area (Å²) in [5.74, 6) is 1.23. The Morgan fingerprint density at radius 1 is 1.24 bits per heavy atom. The van der Waals surface area contributed by atoms with Crippen LogP contribution in [0.3, 0.4) is 0 Å². The topological polar surface area (TPSA) is 110 Å². The highest BCUT2D eigenvalue weighted by Gasteiger charge is 2.47. The third-order valence-electron chi connectivity index (χ3n) is 7.35. The van der Waals surface area contributed by atoms with Gasteiger partial charge < -0.3 is 21.7 Å². The van der Waals surface area contributed by atoms with Gasteiger partial charge in [0.25, 0.3) is 0 Å². The van der Waals surface area contributed by atoms with E-state index < -0.39 is 0 Å². The van der Waals surface area contributed by atoms with Crippen LogP contribution in [-0.4, -0.2) is 45.3 Å². The Kier molecular flexibility index (Phi) is 5.33. The molecule has 8 nitrogen and oxygen atoms in total. The van der Waals surface area contributed by atoms with Gasteiger partial charge in [-0.3, -0.25) is 0 Å². The maximum absolute atomic E-state index is 6.87. The summed E-state index contributed by atoms with van der Waals surface area (Å²) >= 11 is 7.92. The monoisotopic (exact) mass is 494 g/mol. The average Bonchev–Trinajstić information content (AvgIpc) is 3.43. The first-order valence-electron chi connectivity index (χ1n) is 11.5. The van der Waals surface area contributed by atoms with Crippen molar-refractivity contribution in [2.24, 2.45) is 11.1 Å². The van der Waals surface area contributed by atoms with Gasteiger partial charge in [0, 0.05) is 29.4 Å². The Labute approximate surface area is 207 Å². The lowest BCUT2D eigenvalue weighted by Crippen LogP contribution is -2.46. The van der Waals surface area contributed by atoms with E-state index in [1.165, 1.54) is 23.0 Å². The molecule has 1 aliphatic carbocycles. The highest BCUT2D eigenvalue weighted by Crippen LogP contribution is 2.50. The molecule has 0 amide bonds. The molecule has 3 aromatic rings. The first-order chi connectivity index (χ1) is 16.5. The fourth-order valence-corrected chi connectivity index (χ4v) is 6.70. The number of piperidine rings is 1. The smallest absolute Gasteiger partial charge is 0.159 e. The van der Waals surface area contributed by atoms with E-state index in [0.29, 0.717) is 10.8 Å². The first kappa shape index (κ1) is 21.9. The zero-order valence-corrected chi connectivity index (χ0v) is 20.5. The maximum Gasteiger partial charge on any atom is 0.159 e. The van der Waals surface area contributed by atoms with Crippen LogP contribution in [0.25, 0.3) is 5.52 Å². The lowest BCUT2D eigenvalue weighted by atomic mass is 9.73. The van der Waals surface area contributed by atoms with Crippen molar-refractivity contribution in [2.45, 2.75) is 42.1 Å². The van der Waals surface area contributed by atoms with E-state index in [0.717, 1.165) is 65.8 Å². The SMILES string of the molecule is Cc1nc(N2CC=CC3=C2CC2(CCNCC2)[C@@H]3N)c2ccnn2c1Sc1ccnc(N)c1Cl. The molecule has 0 saturated carbocycles. The van der Waals surface area contributed by atoms with Crippen LogP contribution in [-0.2, 0) is 0 Å². The van der Waals surface area contributed by atoms with Crippen LogP contribution >= 0.6 is 23.4 Å². The van der Waals surface area contributed by atoms with Crippen LogP contribution in [0.2, 0.25) is 5.02 Å². The number of nitrogen functional groups attached to an aromatic ring is 1. The number of hydrogen-bond donors (Lipinski definition) is 3. The number of pyridine rings is 1. The number of aromatic nitrogens is 4. The van der Waals surface area contributed by atoms with Crippen molar-refractivity contribution in [1.29, 1.82) is 0 Å². The fourth-order valence-electron chi connectivity index (χ4n) is 5.52. The standard InChI is InChI=1S/C24H27ClN8S/c1-14-23(34-18-5-8-29-21(27)19(18)25)33-16(4-9-30-33)22(31-14)32-12-2-3-15-17(32)13-24(20(15)26)6-10-28-11-7-24/h2-5,8-9,20,28H,6-7,10-13,26H2,1H3,(H2,27,29)/t20-/m1/s1. The van der Waals surface area contributed by atoms with Gasteiger partial charge in [0.1, 0.15) is 16.4 Å². The molecule has 5 heterocycles. The van der Waals surface area contributed by atoms with Crippen molar-refractivity contribution < 1.29 is 0 Å². The van der Waals surface area contributed by atoms with Crippen molar-refractivity contribution in [3.05, 3.63) is 58.7 Å². The number of rotatable bonds is 3. The molecular weight excluding hydrogens is 468 g/mol. The van der Waals surface area contributed by atoms with E-state index >= 15 is 0 Å². The Morgan fingerprint density at radius 2 is 2.06 bits per heavy atom. The van der Waals surface area contributed by atoms with E-state index in [9.17, 15) is 0 Å². The summed E-state index contributed by atoms with van der Waals surface area (Å²) in [6.07, 6.45) is 11.1. The maximum atomic E-state index is 6.87. The van der Waals surface area contributed by atoms with E-state index in [1.807, 2.05) is 29.8 Å². The van der Waals surface area contributed by atoms with Crippen LogP contribution in [0.5, 0.6) is 0 Å². The van der Waals surface area contributed by atoms with Crippen LogP contribution in [0.15, 0.2) is 57.9 Å². The molecule has 3 aromatic heterocycles. The Morgan fingerprint density at radius 3 is 2.88 bits per heavy atom. The minimum Gasteiger partial charge on any atom is -0.382 e. The Hall–Kier alpha value is -2.59. The minimum atomic E-state index is 0.0554. The first-order valence-corrected chi connectivity index (χ1v) is 12.7. The number of aryl methyl sites for hydroxylation is 1. The summed E-state index contributed by atoms with van der Waals surface area (Å²) in [5, 5.41) is 9.47. The number of allylic oxidation sites excluding steroid dienone is 1. The molecule has 1 atom stereocenters. The molecule has 3 aliphatic rings. The third-order valence-corrected chi connectivity index (χ3v) is 9.08. The van der Waals surface area contributed by atoms with Crippen molar-refractivity contribution in [3.63, 3.8) is 0 Å². The number of hydrogen-bond acceptors (Lipinski definition) is 8. The molecule has 0 radical (unpaired) electrons. The van der Waals surface area contributed by atoms with Gasteiger partial charge in [0.2, 0.25) is 0 Å². The average molecular weight is 495 g/mol. The van der Waals surface area contributed by atoms with Gasteiger partial charge in [0.05, 0.1) is 16.9 Å². The molecule has 2 aliphatic heterocycles. The van der Waals surface area contributed by atoms with Gasteiger partial charge in [-0.05, 0) is 62.4 Å². The second kappa shape index (κ2) is 8.27. The molecular formula is C24H27ClN8S. The van der Waals surface area contributed by atoms with Crippen LogP contribution < -0.4 is 21.7 Å². The molecule has 6 rings (SSSR count). The Bertz CT molecular complexity index is 1340. The second-order valence-electron chi connectivity index (χ2n) is 9.25. The van der Waals surface area contributed by atoms with E-state index in [-0.39, 0.29) is 11.5 Å². The summed E-state index contributed by atoms with van der Waals surface area (Å²) in [6.45, 7) is 4.83. The largest absolute Gasteiger partial charge is 0.382 e. The molecule has 1 spiro atoms. The summed E-state index contributed by atoms with van der Waals surface area (Å²) in [5.41, 5.74) is 17.3. The van der Waals surface area contributed by atoms with E-state index in [4.69, 9.17) is 28.1 Å². The van der Waals surface area contributed by atoms with Crippen molar-refractivity contribution >= 4 is 40.5 Å². The molecule has 10 heteroatoms. The van der Waals surface area contributed by atoms with Gasteiger partial charge in [-0.1, -0.05) is 35.5 Å². The lowest BCUT2D eigenvalue weighted by molar-refractivity contribution is 0.189. The van der Waals surface area contributed by atoms with Gasteiger partial charge in [-0.2, -0.15) is 5.10 Å². The van der Waals surface area contributed by atoms with E-state index in [1.54, 1.807) is 6.20 Å². The van der Waals surface area contributed by atoms with Gasteiger partial charge in [-0.25, -0.2) is 14.5 Å². The molecule has 5 N–H and O–H groups in total. The summed E-state index contributed by atoms with van der Waals surface area (Å²) < 4.78 is 1.95. The number of nitrogens with zero attached hydrogens (tertiary/aromatic N) is 5. The van der Waals surface area contributed by atoms with Crippen LogP contribution in [0.4, 0.5) is 11.6 Å². The molecule has 1 fully saturated rings. The predicted molar refractivity (Wildman–Crippen MR) is 136 cm³/mol.